The highest BCUT2D eigenvalue weighted by Crippen LogP contribution is 2.35. The molecule has 6 rings (SSSR count). The van der Waals surface area contributed by atoms with Crippen molar-refractivity contribution in [2.45, 2.75) is 6.92 Å². The molecule has 33 heavy (non-hydrogen) atoms. The summed E-state index contributed by atoms with van der Waals surface area (Å²) in [6, 6.07) is 7.25. The van der Waals surface area contributed by atoms with Crippen molar-refractivity contribution in [3.05, 3.63) is 54.2 Å². The highest BCUT2D eigenvalue weighted by Gasteiger charge is 2.43. The van der Waals surface area contributed by atoms with E-state index in [0.29, 0.717) is 41.9 Å². The maximum atomic E-state index is 13.5. The lowest BCUT2D eigenvalue weighted by Gasteiger charge is -2.23. The van der Waals surface area contributed by atoms with Crippen LogP contribution in [0.1, 0.15) is 16.1 Å². The Morgan fingerprint density at radius 1 is 1.06 bits per heavy atom. The monoisotopic (exact) mass is 445 g/mol. The largest absolute Gasteiger partial charge is 0.497 e. The number of ether oxygens (including phenoxy) is 1. The van der Waals surface area contributed by atoms with Crippen LogP contribution in [0.4, 0.5) is 5.95 Å². The van der Waals surface area contributed by atoms with E-state index >= 15 is 0 Å². The van der Waals surface area contributed by atoms with Crippen molar-refractivity contribution in [3.8, 4) is 11.4 Å². The number of furan rings is 1. The predicted octanol–water partition coefficient (Wildman–Crippen LogP) is 2.33. The van der Waals surface area contributed by atoms with Crippen LogP contribution in [0.5, 0.6) is 5.75 Å². The van der Waals surface area contributed by atoms with Gasteiger partial charge in [0.1, 0.15) is 11.3 Å². The Hall–Kier alpha value is -3.95. The summed E-state index contributed by atoms with van der Waals surface area (Å²) < 4.78 is 10.8. The second kappa shape index (κ2) is 7.58. The van der Waals surface area contributed by atoms with Gasteiger partial charge in [-0.2, -0.15) is 15.0 Å². The lowest BCUT2D eigenvalue weighted by atomic mass is 10.0. The molecule has 0 bridgehead atoms. The molecule has 2 atom stereocenters. The van der Waals surface area contributed by atoms with Crippen molar-refractivity contribution in [1.82, 2.24) is 29.9 Å². The standard InChI is InChI=1S/C23H23N7O3/c1-14-21-19(5-8-33-21)27-23(26-14)29-12-15-10-28(11-16(15)13-29)22(31)18-9-17(32-2)3-4-20(18)30-24-6-7-25-30/h3-9,15-16H,10-13H2,1-2H3/t15-,16+. The number of hydrogen-bond acceptors (Lipinski definition) is 8. The van der Waals surface area contributed by atoms with E-state index in [-0.39, 0.29) is 5.91 Å². The van der Waals surface area contributed by atoms with E-state index in [1.165, 1.54) is 4.80 Å². The summed E-state index contributed by atoms with van der Waals surface area (Å²) >= 11 is 0. The molecule has 1 aromatic carbocycles. The number of rotatable bonds is 4. The van der Waals surface area contributed by atoms with Crippen LogP contribution in [-0.4, -0.2) is 69.1 Å². The summed E-state index contributed by atoms with van der Waals surface area (Å²) in [4.78, 5) is 28.5. The maximum Gasteiger partial charge on any atom is 0.256 e. The summed E-state index contributed by atoms with van der Waals surface area (Å²) in [5.41, 5.74) is 3.57. The van der Waals surface area contributed by atoms with Gasteiger partial charge in [-0.3, -0.25) is 4.79 Å². The molecule has 168 valence electrons. The van der Waals surface area contributed by atoms with Crippen LogP contribution < -0.4 is 9.64 Å². The number of nitrogens with zero attached hydrogens (tertiary/aromatic N) is 7. The Kier molecular flexibility index (Phi) is 4.53. The number of aromatic nitrogens is 5. The first kappa shape index (κ1) is 19.7. The number of hydrogen-bond donors (Lipinski definition) is 0. The van der Waals surface area contributed by atoms with Gasteiger partial charge in [0.2, 0.25) is 5.95 Å². The SMILES string of the molecule is COc1ccc(-n2nccn2)c(C(=O)N2C[C@@H]3CN(c4nc(C)c5occc5n4)C[C@@H]3C2)c1. The van der Waals surface area contributed by atoms with Gasteiger partial charge in [0.05, 0.1) is 42.7 Å². The molecular weight excluding hydrogens is 422 g/mol. The number of amides is 1. The Morgan fingerprint density at radius 2 is 1.82 bits per heavy atom. The summed E-state index contributed by atoms with van der Waals surface area (Å²) in [7, 11) is 1.59. The minimum atomic E-state index is -0.0333. The number of fused-ring (bicyclic) bond motifs is 2. The lowest BCUT2D eigenvalue weighted by molar-refractivity contribution is 0.0782. The van der Waals surface area contributed by atoms with Crippen LogP contribution in [0.25, 0.3) is 16.8 Å². The highest BCUT2D eigenvalue weighted by atomic mass is 16.5. The average Bonchev–Trinajstić information content (AvgIpc) is 3.61. The molecule has 1 amide bonds. The van der Waals surface area contributed by atoms with Crippen molar-refractivity contribution in [2.75, 3.05) is 38.2 Å². The van der Waals surface area contributed by atoms with Crippen LogP contribution in [0.15, 0.2) is 47.3 Å². The molecule has 5 heterocycles. The van der Waals surface area contributed by atoms with Crippen molar-refractivity contribution in [1.29, 1.82) is 0 Å². The fourth-order valence-electron chi connectivity index (χ4n) is 4.96. The third kappa shape index (κ3) is 3.29. The molecule has 2 saturated heterocycles. The molecule has 0 aliphatic carbocycles. The van der Waals surface area contributed by atoms with Gasteiger partial charge in [0, 0.05) is 44.1 Å². The molecule has 0 radical (unpaired) electrons. The van der Waals surface area contributed by atoms with Gasteiger partial charge in [-0.05, 0) is 25.1 Å². The second-order valence-corrected chi connectivity index (χ2v) is 8.58. The third-order valence-electron chi connectivity index (χ3n) is 6.59. The lowest BCUT2D eigenvalue weighted by Crippen LogP contribution is -2.34. The van der Waals surface area contributed by atoms with E-state index in [1.54, 1.807) is 31.8 Å². The van der Waals surface area contributed by atoms with Crippen LogP contribution >= 0.6 is 0 Å². The van der Waals surface area contributed by atoms with Crippen molar-refractivity contribution in [2.24, 2.45) is 11.8 Å². The van der Waals surface area contributed by atoms with E-state index in [2.05, 4.69) is 25.1 Å². The number of methoxy groups -OCH3 is 1. The van der Waals surface area contributed by atoms with Crippen molar-refractivity contribution < 1.29 is 13.9 Å². The van der Waals surface area contributed by atoms with Gasteiger partial charge in [-0.1, -0.05) is 0 Å². The first-order valence-electron chi connectivity index (χ1n) is 10.9. The molecule has 2 fully saturated rings. The fraction of sp³-hybridized carbons (Fsp3) is 0.348. The number of anilines is 1. The molecular formula is C23H23N7O3. The third-order valence-corrected chi connectivity index (χ3v) is 6.59. The smallest absolute Gasteiger partial charge is 0.256 e. The van der Waals surface area contributed by atoms with Gasteiger partial charge >= 0.3 is 0 Å². The van der Waals surface area contributed by atoms with Gasteiger partial charge in [-0.25, -0.2) is 9.97 Å². The van der Waals surface area contributed by atoms with Crippen LogP contribution in [0.2, 0.25) is 0 Å². The molecule has 0 N–H and O–H groups in total. The van der Waals surface area contributed by atoms with E-state index in [9.17, 15) is 4.79 Å². The first-order chi connectivity index (χ1) is 16.1. The molecule has 2 aliphatic rings. The Morgan fingerprint density at radius 3 is 2.55 bits per heavy atom. The zero-order chi connectivity index (χ0) is 22.5. The zero-order valence-electron chi connectivity index (χ0n) is 18.4. The minimum absolute atomic E-state index is 0.0333. The number of likely N-dealkylation sites (tertiary alicyclic amines) is 1. The summed E-state index contributed by atoms with van der Waals surface area (Å²) in [6.45, 7) is 4.96. The molecule has 0 saturated carbocycles. The molecule has 10 nitrogen and oxygen atoms in total. The Labute approximate surface area is 189 Å². The second-order valence-electron chi connectivity index (χ2n) is 8.58. The molecule has 3 aromatic heterocycles. The molecule has 2 aliphatic heterocycles. The van der Waals surface area contributed by atoms with Crippen LogP contribution in [0, 0.1) is 18.8 Å². The highest BCUT2D eigenvalue weighted by molar-refractivity contribution is 5.98. The molecule has 0 spiro atoms. The summed E-state index contributed by atoms with van der Waals surface area (Å²) in [5, 5.41) is 8.41. The van der Waals surface area contributed by atoms with Gasteiger partial charge in [-0.15, -0.1) is 0 Å². The van der Waals surface area contributed by atoms with Crippen molar-refractivity contribution in [3.63, 3.8) is 0 Å². The summed E-state index contributed by atoms with van der Waals surface area (Å²) in [5.74, 6) is 2.06. The van der Waals surface area contributed by atoms with Gasteiger partial charge in [0.25, 0.3) is 5.91 Å². The van der Waals surface area contributed by atoms with E-state index < -0.39 is 0 Å². The quantitative estimate of drug-likeness (QED) is 0.472. The molecule has 10 heteroatoms. The Balaban J connectivity index is 1.22. The van der Waals surface area contributed by atoms with Crippen LogP contribution in [0.3, 0.4) is 0 Å². The van der Waals surface area contributed by atoms with Crippen LogP contribution in [-0.2, 0) is 0 Å². The van der Waals surface area contributed by atoms with E-state index in [0.717, 1.165) is 35.8 Å². The number of aryl methyl sites for hydroxylation is 1. The topological polar surface area (TPSA) is 102 Å². The predicted molar refractivity (Wildman–Crippen MR) is 120 cm³/mol. The summed E-state index contributed by atoms with van der Waals surface area (Å²) in [6.07, 6.45) is 4.83. The van der Waals surface area contributed by atoms with Gasteiger partial charge < -0.3 is 19.0 Å². The molecule has 0 unspecified atom stereocenters. The first-order valence-corrected chi connectivity index (χ1v) is 10.9. The minimum Gasteiger partial charge on any atom is -0.497 e. The average molecular weight is 445 g/mol. The van der Waals surface area contributed by atoms with E-state index in [4.69, 9.17) is 9.15 Å². The maximum absolute atomic E-state index is 13.5. The number of carbonyl (C=O) groups is 1. The zero-order valence-corrected chi connectivity index (χ0v) is 18.4. The molecule has 4 aromatic rings. The van der Waals surface area contributed by atoms with Gasteiger partial charge in [0.15, 0.2) is 5.58 Å². The normalized spacial score (nSPS) is 19.9. The Bertz CT molecular complexity index is 1320. The van der Waals surface area contributed by atoms with E-state index in [1.807, 2.05) is 30.0 Å². The number of benzene rings is 1. The number of carbonyl (C=O) groups excluding carboxylic acids is 1. The van der Waals surface area contributed by atoms with Crippen molar-refractivity contribution >= 4 is 23.0 Å². The fourth-order valence-corrected chi connectivity index (χ4v) is 4.96.